The van der Waals surface area contributed by atoms with Crippen LogP contribution >= 0.6 is 11.3 Å². The summed E-state index contributed by atoms with van der Waals surface area (Å²) in [5.74, 6) is 0. The third kappa shape index (κ3) is 5.08. The quantitative estimate of drug-likeness (QED) is 0.843. The van der Waals surface area contributed by atoms with Gasteiger partial charge in [-0.15, -0.1) is 0 Å². The molecule has 2 N–H and O–H groups in total. The standard InChI is InChI=1S/C18H24N2O2S/c1-18(2,3)14-5-7-15(8-6-14)20-17(21)19-11-16(22-4)13-9-10-23-12-13/h5-10,12,16H,11H2,1-4H3,(H2,19,20,21). The van der Waals surface area contributed by atoms with Gasteiger partial charge >= 0.3 is 6.03 Å². The highest BCUT2D eigenvalue weighted by Gasteiger charge is 2.14. The van der Waals surface area contributed by atoms with Crippen LogP contribution in [0, 0.1) is 0 Å². The number of hydrogen-bond acceptors (Lipinski definition) is 3. The third-order valence-electron chi connectivity index (χ3n) is 3.66. The lowest BCUT2D eigenvalue weighted by molar-refractivity contribution is 0.105. The highest BCUT2D eigenvalue weighted by atomic mass is 32.1. The normalized spacial score (nSPS) is 12.7. The summed E-state index contributed by atoms with van der Waals surface area (Å²) in [6.45, 7) is 6.92. The van der Waals surface area contributed by atoms with E-state index in [4.69, 9.17) is 4.74 Å². The van der Waals surface area contributed by atoms with E-state index in [1.165, 1.54) is 5.56 Å². The fraction of sp³-hybridized carbons (Fsp3) is 0.389. The monoisotopic (exact) mass is 332 g/mol. The Morgan fingerprint density at radius 3 is 2.43 bits per heavy atom. The molecule has 0 radical (unpaired) electrons. The van der Waals surface area contributed by atoms with Crippen LogP contribution in [0.25, 0.3) is 0 Å². The van der Waals surface area contributed by atoms with E-state index < -0.39 is 0 Å². The maximum Gasteiger partial charge on any atom is 0.319 e. The summed E-state index contributed by atoms with van der Waals surface area (Å²) in [6.07, 6.45) is -0.129. The Hall–Kier alpha value is -1.85. The predicted octanol–water partition coefficient (Wildman–Crippen LogP) is 4.55. The minimum absolute atomic E-state index is 0.104. The molecular weight excluding hydrogens is 308 g/mol. The molecule has 1 heterocycles. The molecule has 2 amide bonds. The molecule has 5 heteroatoms. The average Bonchev–Trinajstić information content (AvgIpc) is 3.02. The Morgan fingerprint density at radius 2 is 1.91 bits per heavy atom. The summed E-state index contributed by atoms with van der Waals surface area (Å²) >= 11 is 1.62. The van der Waals surface area contributed by atoms with E-state index in [-0.39, 0.29) is 17.6 Å². The van der Waals surface area contributed by atoms with Crippen molar-refractivity contribution in [2.45, 2.75) is 32.3 Å². The Morgan fingerprint density at radius 1 is 1.22 bits per heavy atom. The molecule has 1 atom stereocenters. The van der Waals surface area contributed by atoms with Crippen molar-refractivity contribution in [3.8, 4) is 0 Å². The molecule has 1 aromatic heterocycles. The largest absolute Gasteiger partial charge is 0.375 e. The van der Waals surface area contributed by atoms with Gasteiger partial charge in [-0.1, -0.05) is 32.9 Å². The van der Waals surface area contributed by atoms with E-state index in [9.17, 15) is 4.79 Å². The van der Waals surface area contributed by atoms with Gasteiger partial charge in [0.25, 0.3) is 0 Å². The Labute approximate surface area is 141 Å². The van der Waals surface area contributed by atoms with Crippen LogP contribution in [0.2, 0.25) is 0 Å². The molecule has 0 bridgehead atoms. The molecule has 23 heavy (non-hydrogen) atoms. The number of amides is 2. The molecule has 124 valence electrons. The number of ether oxygens (including phenoxy) is 1. The molecule has 4 nitrogen and oxygen atoms in total. The highest BCUT2D eigenvalue weighted by Crippen LogP contribution is 2.23. The number of benzene rings is 1. The molecule has 0 aliphatic heterocycles. The maximum absolute atomic E-state index is 12.0. The van der Waals surface area contributed by atoms with E-state index in [0.717, 1.165) is 11.3 Å². The topological polar surface area (TPSA) is 50.4 Å². The zero-order chi connectivity index (χ0) is 16.9. The van der Waals surface area contributed by atoms with Gasteiger partial charge in [0.05, 0.1) is 0 Å². The van der Waals surface area contributed by atoms with Gasteiger partial charge in [0.15, 0.2) is 0 Å². The summed E-state index contributed by atoms with van der Waals surface area (Å²) in [5.41, 5.74) is 3.19. The van der Waals surface area contributed by atoms with E-state index in [1.807, 2.05) is 41.1 Å². The molecule has 0 spiro atoms. The molecule has 0 fully saturated rings. The molecule has 0 saturated heterocycles. The number of anilines is 1. The number of rotatable bonds is 5. The number of methoxy groups -OCH3 is 1. The summed E-state index contributed by atoms with van der Waals surface area (Å²) in [7, 11) is 1.65. The lowest BCUT2D eigenvalue weighted by atomic mass is 9.87. The molecule has 1 unspecified atom stereocenters. The van der Waals surface area contributed by atoms with Crippen molar-refractivity contribution in [1.29, 1.82) is 0 Å². The number of nitrogens with one attached hydrogen (secondary N) is 2. The summed E-state index contributed by atoms with van der Waals surface area (Å²) in [6, 6.07) is 9.70. The van der Waals surface area contributed by atoms with E-state index >= 15 is 0 Å². The molecule has 2 aromatic rings. The number of hydrogen-bond donors (Lipinski definition) is 2. The third-order valence-corrected chi connectivity index (χ3v) is 4.36. The van der Waals surface area contributed by atoms with Crippen LogP contribution in [0.4, 0.5) is 10.5 Å². The van der Waals surface area contributed by atoms with Gasteiger partial charge in [-0.2, -0.15) is 11.3 Å². The highest BCUT2D eigenvalue weighted by molar-refractivity contribution is 7.07. The van der Waals surface area contributed by atoms with Crippen molar-refractivity contribution in [3.63, 3.8) is 0 Å². The Bertz CT molecular complexity index is 615. The van der Waals surface area contributed by atoms with Gasteiger partial charge in [0.2, 0.25) is 0 Å². The first-order chi connectivity index (χ1) is 10.9. The van der Waals surface area contributed by atoms with Gasteiger partial charge in [-0.3, -0.25) is 0 Å². The van der Waals surface area contributed by atoms with Crippen LogP contribution in [-0.4, -0.2) is 19.7 Å². The average molecular weight is 332 g/mol. The van der Waals surface area contributed by atoms with Crippen LogP contribution in [0.5, 0.6) is 0 Å². The van der Waals surface area contributed by atoms with Crippen LogP contribution in [0.15, 0.2) is 41.1 Å². The second kappa shape index (κ2) is 7.62. The van der Waals surface area contributed by atoms with Crippen molar-refractivity contribution in [1.82, 2.24) is 5.32 Å². The summed E-state index contributed by atoms with van der Waals surface area (Å²) < 4.78 is 5.41. The first-order valence-electron chi connectivity index (χ1n) is 7.60. The fourth-order valence-corrected chi connectivity index (χ4v) is 2.91. The Kier molecular flexibility index (Phi) is 5.80. The van der Waals surface area contributed by atoms with Gasteiger partial charge in [0, 0.05) is 19.3 Å². The van der Waals surface area contributed by atoms with Crippen molar-refractivity contribution in [3.05, 3.63) is 52.2 Å². The minimum Gasteiger partial charge on any atom is -0.375 e. The van der Waals surface area contributed by atoms with E-state index in [1.54, 1.807) is 18.4 Å². The van der Waals surface area contributed by atoms with Crippen LogP contribution < -0.4 is 10.6 Å². The molecule has 1 aromatic carbocycles. The van der Waals surface area contributed by atoms with Crippen molar-refractivity contribution in [2.24, 2.45) is 0 Å². The van der Waals surface area contributed by atoms with E-state index in [0.29, 0.717) is 6.54 Å². The maximum atomic E-state index is 12.0. The second-order valence-electron chi connectivity index (χ2n) is 6.44. The summed E-state index contributed by atoms with van der Waals surface area (Å²) in [4.78, 5) is 12.0. The minimum atomic E-state index is -0.231. The van der Waals surface area contributed by atoms with Gasteiger partial charge in [0.1, 0.15) is 6.10 Å². The van der Waals surface area contributed by atoms with Crippen molar-refractivity contribution < 1.29 is 9.53 Å². The van der Waals surface area contributed by atoms with Crippen molar-refractivity contribution in [2.75, 3.05) is 19.0 Å². The summed E-state index contributed by atoms with van der Waals surface area (Å²) in [5, 5.41) is 9.71. The zero-order valence-corrected chi connectivity index (χ0v) is 14.9. The van der Waals surface area contributed by atoms with Crippen LogP contribution in [0.3, 0.4) is 0 Å². The molecule has 2 rings (SSSR count). The fourth-order valence-electron chi connectivity index (χ4n) is 2.21. The van der Waals surface area contributed by atoms with Gasteiger partial charge in [-0.25, -0.2) is 4.79 Å². The molecule has 0 saturated carbocycles. The van der Waals surface area contributed by atoms with Crippen LogP contribution in [-0.2, 0) is 10.2 Å². The first kappa shape index (κ1) is 17.5. The predicted molar refractivity (Wildman–Crippen MR) is 96.2 cm³/mol. The molecule has 0 aliphatic carbocycles. The SMILES string of the molecule is COC(CNC(=O)Nc1ccc(C(C)(C)C)cc1)c1ccsc1. The van der Waals surface area contributed by atoms with Gasteiger partial charge in [-0.05, 0) is 45.5 Å². The number of carbonyl (C=O) groups is 1. The smallest absolute Gasteiger partial charge is 0.319 e. The number of carbonyl (C=O) groups excluding carboxylic acids is 1. The van der Waals surface area contributed by atoms with E-state index in [2.05, 4.69) is 31.4 Å². The lowest BCUT2D eigenvalue weighted by Gasteiger charge is -2.19. The zero-order valence-electron chi connectivity index (χ0n) is 14.1. The first-order valence-corrected chi connectivity index (χ1v) is 8.54. The lowest BCUT2D eigenvalue weighted by Crippen LogP contribution is -2.32. The van der Waals surface area contributed by atoms with Crippen LogP contribution in [0.1, 0.15) is 38.0 Å². The number of thiophene rings is 1. The van der Waals surface area contributed by atoms with Gasteiger partial charge < -0.3 is 15.4 Å². The molecule has 0 aliphatic rings. The Balaban J connectivity index is 1.87. The van der Waals surface area contributed by atoms with Crippen molar-refractivity contribution >= 4 is 23.1 Å². The molecular formula is C18H24N2O2S. The second-order valence-corrected chi connectivity index (χ2v) is 7.22. The number of urea groups is 1.